The van der Waals surface area contributed by atoms with Gasteiger partial charge >= 0.3 is 62.0 Å². The first-order valence-corrected chi connectivity index (χ1v) is 4.95. The molecule has 0 saturated carbocycles. The van der Waals surface area contributed by atoms with E-state index < -0.39 is 23.9 Å². The SMILES string of the molecule is CC(=O)[O-].CC(=O)[O-].CC(=O)[O-].CC(=O)[O-].NCCN.[H+].[H+].[Na+].[Na+]. The standard InChI is InChI=1S/C2H8N2.4C2H4O2.2Na/c3-1-2-4;4*1-2(3)4;;/h1-4H2;4*1H3,(H,3,4);;/q;;;;;2*+1/p-2. The monoisotopic (exact) mass is 344 g/mol. The van der Waals surface area contributed by atoms with Crippen molar-refractivity contribution in [2.24, 2.45) is 11.5 Å². The van der Waals surface area contributed by atoms with E-state index in [1.807, 2.05) is 0 Å². The molecule has 0 saturated heterocycles. The smallest absolute Gasteiger partial charge is 0.550 e. The summed E-state index contributed by atoms with van der Waals surface area (Å²) in [5.74, 6) is -4.33. The van der Waals surface area contributed by atoms with Gasteiger partial charge in [-0.1, -0.05) is 0 Å². The molecule has 0 fully saturated rings. The summed E-state index contributed by atoms with van der Waals surface area (Å²) in [4.78, 5) is 35.6. The van der Waals surface area contributed by atoms with Crippen LogP contribution in [0.5, 0.6) is 0 Å². The van der Waals surface area contributed by atoms with Gasteiger partial charge in [0, 0.05) is 37.0 Å². The Kier molecular flexibility index (Phi) is 83.8. The molecule has 0 aliphatic carbocycles. The van der Waals surface area contributed by atoms with E-state index in [9.17, 15) is 0 Å². The first-order valence-electron chi connectivity index (χ1n) is 4.95. The minimum atomic E-state index is -1.08. The molecular formula is C10H22N2Na2O8. The van der Waals surface area contributed by atoms with Crippen LogP contribution in [0, 0.1) is 0 Å². The predicted octanol–water partition coefficient (Wildman–Crippen LogP) is -11.8. The molecule has 0 spiro atoms. The Bertz CT molecular complexity index is 209. The fraction of sp³-hybridized carbons (Fsp3) is 0.600. The predicted molar refractivity (Wildman–Crippen MR) is 63.1 cm³/mol. The number of carboxylic acid groups (broad SMARTS) is 4. The molecule has 0 radical (unpaired) electrons. The summed E-state index contributed by atoms with van der Waals surface area (Å²) in [6.07, 6.45) is 0. The van der Waals surface area contributed by atoms with Crippen LogP contribution in [0.2, 0.25) is 0 Å². The Morgan fingerprint density at radius 2 is 0.682 bits per heavy atom. The summed E-state index contributed by atoms with van der Waals surface area (Å²) >= 11 is 0. The molecule has 0 bridgehead atoms. The van der Waals surface area contributed by atoms with Gasteiger partial charge in [-0.25, -0.2) is 0 Å². The van der Waals surface area contributed by atoms with E-state index in [-0.39, 0.29) is 62.0 Å². The van der Waals surface area contributed by atoms with Gasteiger partial charge in [-0.3, -0.25) is 0 Å². The molecule has 0 atom stereocenters. The van der Waals surface area contributed by atoms with Crippen LogP contribution < -0.4 is 91.0 Å². The zero-order chi connectivity index (χ0) is 17.7. The molecule has 0 amide bonds. The van der Waals surface area contributed by atoms with Crippen molar-refractivity contribution in [2.75, 3.05) is 13.1 Å². The Morgan fingerprint density at radius 3 is 0.682 bits per heavy atom. The quantitative estimate of drug-likeness (QED) is 0.428. The third-order valence-electron chi connectivity index (χ3n) is 0.167. The molecule has 0 unspecified atom stereocenters. The van der Waals surface area contributed by atoms with Crippen LogP contribution >= 0.6 is 0 Å². The fourth-order valence-corrected chi connectivity index (χ4v) is 0. The van der Waals surface area contributed by atoms with Gasteiger partial charge in [0.2, 0.25) is 0 Å². The largest absolute Gasteiger partial charge is 1.00 e. The maximum Gasteiger partial charge on any atom is 1.00 e. The second kappa shape index (κ2) is 42.8. The zero-order valence-electron chi connectivity index (χ0n) is 15.8. The molecule has 122 valence electrons. The number of nitrogens with two attached hydrogens (primary N) is 2. The minimum absolute atomic E-state index is 0. The van der Waals surface area contributed by atoms with Gasteiger partial charge in [-0.05, 0) is 27.7 Å². The molecule has 4 N–H and O–H groups in total. The van der Waals surface area contributed by atoms with E-state index >= 15 is 0 Å². The molecule has 12 heteroatoms. The molecule has 0 heterocycles. The van der Waals surface area contributed by atoms with Crippen molar-refractivity contribution >= 4 is 23.9 Å². The van der Waals surface area contributed by atoms with Crippen LogP contribution in [0.25, 0.3) is 0 Å². The summed E-state index contributed by atoms with van der Waals surface area (Å²) in [7, 11) is 0. The van der Waals surface area contributed by atoms with Crippen LogP contribution in [0.4, 0.5) is 0 Å². The van der Waals surface area contributed by atoms with Crippen molar-refractivity contribution in [3.8, 4) is 0 Å². The Hall–Kier alpha value is -0.200. The van der Waals surface area contributed by atoms with E-state index in [4.69, 9.17) is 51.1 Å². The van der Waals surface area contributed by atoms with E-state index in [0.717, 1.165) is 27.7 Å². The van der Waals surface area contributed by atoms with Crippen LogP contribution in [-0.4, -0.2) is 37.0 Å². The average molecular weight is 344 g/mol. The van der Waals surface area contributed by atoms with E-state index in [2.05, 4.69) is 0 Å². The van der Waals surface area contributed by atoms with Crippen LogP contribution in [0.1, 0.15) is 30.5 Å². The minimum Gasteiger partial charge on any atom is -0.550 e. The first-order chi connectivity index (χ1) is 8.84. The molecular weight excluding hydrogens is 322 g/mol. The number of carbonyl (C=O) groups excluding carboxylic acids is 4. The normalized spacial score (nSPS) is 5.91. The first kappa shape index (κ1) is 43.1. The van der Waals surface area contributed by atoms with Gasteiger partial charge in [-0.2, -0.15) is 0 Å². The topological polar surface area (TPSA) is 213 Å². The van der Waals surface area contributed by atoms with Crippen LogP contribution in [0.15, 0.2) is 0 Å². The van der Waals surface area contributed by atoms with Crippen molar-refractivity contribution in [1.82, 2.24) is 0 Å². The van der Waals surface area contributed by atoms with Gasteiger partial charge in [0.15, 0.2) is 0 Å². The van der Waals surface area contributed by atoms with Crippen LogP contribution in [0.3, 0.4) is 0 Å². The Morgan fingerprint density at radius 1 is 0.636 bits per heavy atom. The number of rotatable bonds is 1. The van der Waals surface area contributed by atoms with E-state index in [1.54, 1.807) is 0 Å². The van der Waals surface area contributed by atoms with Gasteiger partial charge in [0.05, 0.1) is 0 Å². The van der Waals surface area contributed by atoms with Crippen molar-refractivity contribution in [3.05, 3.63) is 0 Å². The molecule has 0 rings (SSSR count). The number of aliphatic carboxylic acids is 4. The molecule has 10 nitrogen and oxygen atoms in total. The molecule has 0 aliphatic rings. The summed E-state index contributed by atoms with van der Waals surface area (Å²) in [6.45, 7) is 5.08. The molecule has 0 aromatic rings. The van der Waals surface area contributed by atoms with Gasteiger partial charge in [0.1, 0.15) is 0 Å². The van der Waals surface area contributed by atoms with Crippen molar-refractivity contribution < 1.29 is 102 Å². The van der Waals surface area contributed by atoms with Gasteiger partial charge in [0.25, 0.3) is 0 Å². The van der Waals surface area contributed by atoms with Gasteiger partial charge in [-0.15, -0.1) is 0 Å². The van der Waals surface area contributed by atoms with Crippen molar-refractivity contribution in [1.29, 1.82) is 0 Å². The molecule has 0 aromatic carbocycles. The summed E-state index contributed by atoms with van der Waals surface area (Å²) in [6, 6.07) is 0. The van der Waals surface area contributed by atoms with E-state index in [1.165, 1.54) is 0 Å². The maximum atomic E-state index is 8.89. The Labute approximate surface area is 176 Å². The summed E-state index contributed by atoms with van der Waals surface area (Å²) < 4.78 is 0. The van der Waals surface area contributed by atoms with E-state index in [0.29, 0.717) is 13.1 Å². The third-order valence-corrected chi connectivity index (χ3v) is 0.167. The average Bonchev–Trinajstić information content (AvgIpc) is 2.13. The number of carboxylic acids is 4. The Balaban J connectivity index is -0.0000000161. The zero-order valence-corrected chi connectivity index (χ0v) is 17.8. The maximum absolute atomic E-state index is 8.89. The van der Waals surface area contributed by atoms with Gasteiger partial charge < -0.3 is 51.1 Å². The fourth-order valence-electron chi connectivity index (χ4n) is 0. The second-order valence-corrected chi connectivity index (χ2v) is 2.54. The second-order valence-electron chi connectivity index (χ2n) is 2.54. The summed E-state index contributed by atoms with van der Waals surface area (Å²) in [5.41, 5.74) is 9.81. The van der Waals surface area contributed by atoms with Crippen molar-refractivity contribution in [3.63, 3.8) is 0 Å². The number of hydrogen-bond acceptors (Lipinski definition) is 10. The van der Waals surface area contributed by atoms with Crippen molar-refractivity contribution in [2.45, 2.75) is 27.7 Å². The number of carbonyl (C=O) groups is 4. The molecule has 0 aromatic heterocycles. The van der Waals surface area contributed by atoms with Crippen LogP contribution in [-0.2, 0) is 19.2 Å². The number of hydrogen-bond donors (Lipinski definition) is 2. The molecule has 22 heavy (non-hydrogen) atoms. The third kappa shape index (κ3) is 10900. The molecule has 0 aliphatic heterocycles. The summed E-state index contributed by atoms with van der Waals surface area (Å²) in [5, 5.41) is 35.6.